The lowest BCUT2D eigenvalue weighted by Crippen LogP contribution is -1.96. The normalized spacial score (nSPS) is 12.7. The summed E-state index contributed by atoms with van der Waals surface area (Å²) in [5.41, 5.74) is 10.3. The minimum atomic E-state index is -0.445. The lowest BCUT2D eigenvalue weighted by molar-refractivity contribution is 1.18. The van der Waals surface area contributed by atoms with Crippen LogP contribution in [0.2, 0.25) is 0 Å². The van der Waals surface area contributed by atoms with E-state index in [2.05, 4.69) is 114 Å². The second kappa shape index (κ2) is 12.9. The first-order valence-corrected chi connectivity index (χ1v) is 17.6. The van der Waals surface area contributed by atoms with Crippen LogP contribution in [0.4, 0.5) is 0 Å². The van der Waals surface area contributed by atoms with Crippen molar-refractivity contribution in [1.29, 1.82) is 0 Å². The van der Waals surface area contributed by atoms with Gasteiger partial charge < -0.3 is 4.57 Å². The van der Waals surface area contributed by atoms with Gasteiger partial charge in [0.15, 0.2) is 5.82 Å². The van der Waals surface area contributed by atoms with Crippen molar-refractivity contribution in [1.82, 2.24) is 14.5 Å². The highest BCUT2D eigenvalue weighted by Crippen LogP contribution is 2.39. The van der Waals surface area contributed by atoms with E-state index in [0.29, 0.717) is 11.5 Å². The predicted molar refractivity (Wildman–Crippen MR) is 221 cm³/mol. The minimum absolute atomic E-state index is 0.0361. The first-order valence-electron chi connectivity index (χ1n) is 20.1. The van der Waals surface area contributed by atoms with Gasteiger partial charge in [0.2, 0.25) is 0 Å². The Bertz CT molecular complexity index is 3190. The molecule has 0 atom stereocenters. The molecule has 0 unspecified atom stereocenters. The lowest BCUT2D eigenvalue weighted by Gasteiger charge is -2.14. The van der Waals surface area contributed by atoms with E-state index in [1.165, 1.54) is 21.8 Å². The maximum absolute atomic E-state index is 8.71. The van der Waals surface area contributed by atoms with Gasteiger partial charge in [-0.3, -0.25) is 0 Å². The van der Waals surface area contributed by atoms with Crippen LogP contribution in [0.25, 0.3) is 94.4 Å². The van der Waals surface area contributed by atoms with Crippen molar-refractivity contribution in [2.75, 3.05) is 0 Å². The fourth-order valence-corrected chi connectivity index (χ4v) is 7.43. The molecule has 3 nitrogen and oxygen atoms in total. The molecule has 3 heteroatoms. The Morgan fingerprint density at radius 2 is 0.962 bits per heavy atom. The summed E-state index contributed by atoms with van der Waals surface area (Å²) >= 11 is 0. The summed E-state index contributed by atoms with van der Waals surface area (Å²) in [5, 5.41) is 4.42. The highest BCUT2D eigenvalue weighted by atomic mass is 15.0. The van der Waals surface area contributed by atoms with E-state index in [1.54, 1.807) is 6.07 Å². The van der Waals surface area contributed by atoms with Crippen LogP contribution >= 0.6 is 0 Å². The van der Waals surface area contributed by atoms with Crippen LogP contribution in [0.5, 0.6) is 0 Å². The largest absolute Gasteiger partial charge is 0.309 e. The quantitative estimate of drug-likeness (QED) is 0.175. The molecule has 0 aliphatic heterocycles. The fraction of sp³-hybridized carbons (Fsp3) is 0. The zero-order valence-corrected chi connectivity index (χ0v) is 28.5. The first-order chi connectivity index (χ1) is 28.4. The standard InChI is InChI=1S/C50H33N3/c1-4-14-36(15-5-1)46-33-47(52-50(51-46)37-16-6-2-7-17-37)43-30-29-40(41-20-10-11-21-42(41)43)35-26-24-34(25-27-35)38-28-31-49-45(32-38)44-22-12-13-23-48(44)53(49)39-18-8-3-9-19-39/h1-33H/i1D,4D,5D,14D,15D. The Balaban J connectivity index is 1.07. The summed E-state index contributed by atoms with van der Waals surface area (Å²) in [5.74, 6) is 0.395. The molecule has 0 aliphatic rings. The third-order valence-electron chi connectivity index (χ3n) is 9.93. The van der Waals surface area contributed by atoms with Crippen molar-refractivity contribution in [3.05, 3.63) is 200 Å². The Morgan fingerprint density at radius 3 is 1.74 bits per heavy atom. The molecule has 0 bridgehead atoms. The number of para-hydroxylation sites is 2. The molecule has 248 valence electrons. The second-order valence-corrected chi connectivity index (χ2v) is 13.0. The molecule has 0 saturated carbocycles. The van der Waals surface area contributed by atoms with Crippen molar-refractivity contribution >= 4 is 32.6 Å². The first kappa shape index (κ1) is 25.8. The van der Waals surface area contributed by atoms with Gasteiger partial charge >= 0.3 is 0 Å². The molecule has 0 aliphatic carbocycles. The number of hydrogen-bond donors (Lipinski definition) is 0. The molecule has 10 rings (SSSR count). The van der Waals surface area contributed by atoms with Gasteiger partial charge in [-0.1, -0.05) is 164 Å². The number of fused-ring (bicyclic) bond motifs is 4. The van der Waals surface area contributed by atoms with Crippen LogP contribution in [0, 0.1) is 0 Å². The molecule has 0 amide bonds. The van der Waals surface area contributed by atoms with Crippen LogP contribution in [0.1, 0.15) is 6.85 Å². The summed E-state index contributed by atoms with van der Waals surface area (Å²) in [6.07, 6.45) is 0. The van der Waals surface area contributed by atoms with Gasteiger partial charge in [0.25, 0.3) is 0 Å². The van der Waals surface area contributed by atoms with E-state index in [-0.39, 0.29) is 23.3 Å². The van der Waals surface area contributed by atoms with Gasteiger partial charge in [-0.05, 0) is 69.4 Å². The van der Waals surface area contributed by atoms with Gasteiger partial charge in [0.1, 0.15) is 0 Å². The van der Waals surface area contributed by atoms with Gasteiger partial charge in [0, 0.05) is 33.2 Å². The van der Waals surface area contributed by atoms with Crippen molar-refractivity contribution in [2.24, 2.45) is 0 Å². The van der Waals surface area contributed by atoms with Crippen LogP contribution in [0.15, 0.2) is 200 Å². The SMILES string of the molecule is [2H]c1c([2H])c([2H])c(-c2cc(-c3ccc(-c4ccc(-c5ccc6c(c5)c5ccccc5n6-c5ccccc5)cc4)c4ccccc34)nc(-c3ccccc3)n2)c([2H])c1[2H]. The van der Waals surface area contributed by atoms with Crippen LogP contribution in [-0.4, -0.2) is 14.5 Å². The van der Waals surface area contributed by atoms with E-state index < -0.39 is 18.1 Å². The molecule has 2 heterocycles. The van der Waals surface area contributed by atoms with E-state index in [0.717, 1.165) is 49.8 Å². The fourth-order valence-electron chi connectivity index (χ4n) is 7.43. The maximum Gasteiger partial charge on any atom is 0.160 e. The van der Waals surface area contributed by atoms with E-state index >= 15 is 0 Å². The highest BCUT2D eigenvalue weighted by molar-refractivity contribution is 6.10. The summed E-state index contributed by atoms with van der Waals surface area (Å²) in [4.78, 5) is 9.79. The Labute approximate surface area is 315 Å². The summed E-state index contributed by atoms with van der Waals surface area (Å²) < 4.78 is 44.6. The highest BCUT2D eigenvalue weighted by Gasteiger charge is 2.16. The Kier molecular flexibility index (Phi) is 6.28. The molecule has 0 fully saturated rings. The lowest BCUT2D eigenvalue weighted by atomic mass is 9.92. The molecular formula is C50H33N3. The molecule has 10 aromatic rings. The van der Waals surface area contributed by atoms with Crippen LogP contribution < -0.4 is 0 Å². The maximum atomic E-state index is 8.71. The summed E-state index contributed by atoms with van der Waals surface area (Å²) in [6.45, 7) is 0. The monoisotopic (exact) mass is 680 g/mol. The average molecular weight is 681 g/mol. The molecule has 0 saturated heterocycles. The van der Waals surface area contributed by atoms with E-state index in [4.69, 9.17) is 16.8 Å². The molecule has 0 spiro atoms. The smallest absolute Gasteiger partial charge is 0.160 e. The summed E-state index contributed by atoms with van der Waals surface area (Å²) in [7, 11) is 0. The van der Waals surface area contributed by atoms with Crippen LogP contribution in [0.3, 0.4) is 0 Å². The van der Waals surface area contributed by atoms with Crippen molar-refractivity contribution < 1.29 is 6.85 Å². The molecule has 0 radical (unpaired) electrons. The average Bonchev–Trinajstić information content (AvgIpc) is 3.61. The van der Waals surface area contributed by atoms with Crippen molar-refractivity contribution in [3.63, 3.8) is 0 Å². The topological polar surface area (TPSA) is 30.7 Å². The van der Waals surface area contributed by atoms with Crippen LogP contribution in [-0.2, 0) is 0 Å². The van der Waals surface area contributed by atoms with Gasteiger partial charge in [-0.25, -0.2) is 9.97 Å². The summed E-state index contributed by atoms with van der Waals surface area (Å²) in [6, 6.07) is 56.2. The second-order valence-electron chi connectivity index (χ2n) is 13.0. The third-order valence-corrected chi connectivity index (χ3v) is 9.93. The Morgan fingerprint density at radius 1 is 0.377 bits per heavy atom. The molecule has 53 heavy (non-hydrogen) atoms. The predicted octanol–water partition coefficient (Wildman–Crippen LogP) is 13.1. The van der Waals surface area contributed by atoms with Gasteiger partial charge in [0.05, 0.1) is 29.3 Å². The number of aromatic nitrogens is 3. The zero-order chi connectivity index (χ0) is 39.5. The molecule has 2 aromatic heterocycles. The number of rotatable bonds is 6. The van der Waals surface area contributed by atoms with E-state index in [9.17, 15) is 0 Å². The number of nitrogens with zero attached hydrogens (tertiary/aromatic N) is 3. The number of benzene rings is 8. The Hall–Kier alpha value is -7.10. The van der Waals surface area contributed by atoms with E-state index in [1.807, 2.05) is 54.6 Å². The van der Waals surface area contributed by atoms with Gasteiger partial charge in [-0.2, -0.15) is 0 Å². The minimum Gasteiger partial charge on any atom is -0.309 e. The zero-order valence-electron chi connectivity index (χ0n) is 33.5. The molecular weight excluding hydrogens is 643 g/mol. The molecule has 0 N–H and O–H groups in total. The van der Waals surface area contributed by atoms with Gasteiger partial charge in [-0.15, -0.1) is 0 Å². The van der Waals surface area contributed by atoms with Crippen molar-refractivity contribution in [3.8, 4) is 61.8 Å². The van der Waals surface area contributed by atoms with Crippen molar-refractivity contribution in [2.45, 2.75) is 0 Å². The third kappa shape index (κ3) is 5.47. The molecule has 8 aromatic carbocycles. The number of hydrogen-bond acceptors (Lipinski definition) is 2.